The molecule has 20 heavy (non-hydrogen) atoms. The van der Waals surface area contributed by atoms with Gasteiger partial charge in [0.15, 0.2) is 6.19 Å². The van der Waals surface area contributed by atoms with Crippen molar-refractivity contribution >= 4 is 17.7 Å². The highest BCUT2D eigenvalue weighted by Crippen LogP contribution is 2.16. The lowest BCUT2D eigenvalue weighted by Crippen LogP contribution is -2.34. The molecule has 0 aromatic carbocycles. The molecule has 2 N–H and O–H groups in total. The molecule has 1 rings (SSSR count). The molecule has 1 aromatic rings. The Bertz CT molecular complexity index is 477. The third-order valence-corrected chi connectivity index (χ3v) is 3.48. The summed E-state index contributed by atoms with van der Waals surface area (Å²) in [6.45, 7) is 1.35. The van der Waals surface area contributed by atoms with E-state index < -0.39 is 0 Å². The lowest BCUT2D eigenvalue weighted by Gasteiger charge is -2.12. The van der Waals surface area contributed by atoms with Crippen molar-refractivity contribution in [1.29, 1.82) is 5.26 Å². The molecule has 0 radical (unpaired) electrons. The van der Waals surface area contributed by atoms with Crippen LogP contribution in [0.15, 0.2) is 21.5 Å². The van der Waals surface area contributed by atoms with Crippen LogP contribution in [0.3, 0.4) is 0 Å². The van der Waals surface area contributed by atoms with E-state index in [-0.39, 0.29) is 5.96 Å². The summed E-state index contributed by atoms with van der Waals surface area (Å²) in [5, 5.41) is 8.91. The molecule has 0 aliphatic carbocycles. The van der Waals surface area contributed by atoms with Crippen molar-refractivity contribution in [2.75, 3.05) is 33.4 Å². The summed E-state index contributed by atoms with van der Waals surface area (Å²) in [5.74, 6) is 3.74. The Balaban J connectivity index is 2.31. The van der Waals surface area contributed by atoms with Crippen LogP contribution < -0.4 is 5.73 Å². The molecule has 0 bridgehead atoms. The van der Waals surface area contributed by atoms with Crippen LogP contribution in [0, 0.1) is 11.5 Å². The van der Waals surface area contributed by atoms with Gasteiger partial charge in [0.2, 0.25) is 5.96 Å². The first-order chi connectivity index (χ1) is 9.56. The Morgan fingerprint density at radius 1 is 1.45 bits per heavy atom. The number of aliphatic imine (C=N–C) groups is 1. The van der Waals surface area contributed by atoms with Crippen molar-refractivity contribution in [2.24, 2.45) is 10.7 Å². The first kappa shape index (κ1) is 16.4. The Labute approximate surface area is 124 Å². The average molecular weight is 295 g/mol. The molecule has 0 spiro atoms. The predicted molar refractivity (Wildman–Crippen MR) is 82.1 cm³/mol. The van der Waals surface area contributed by atoms with Crippen molar-refractivity contribution in [2.45, 2.75) is 12.3 Å². The summed E-state index contributed by atoms with van der Waals surface area (Å²) < 4.78 is 5.71. The van der Waals surface area contributed by atoms with Gasteiger partial charge in [0, 0.05) is 19.3 Å². The maximum atomic E-state index is 8.91. The Morgan fingerprint density at radius 3 is 2.75 bits per heavy atom. The smallest absolute Gasteiger partial charge is 0.204 e. The summed E-state index contributed by atoms with van der Waals surface area (Å²) in [7, 11) is 5.59. The van der Waals surface area contributed by atoms with Crippen molar-refractivity contribution in [3.05, 3.63) is 23.7 Å². The fourth-order valence-electron chi connectivity index (χ4n) is 1.56. The molecule has 0 fully saturated rings. The second-order valence-electron chi connectivity index (χ2n) is 4.49. The number of hydrogen-bond donors (Lipinski definition) is 1. The number of nitrogens with two attached hydrogens (primary N) is 1. The Morgan fingerprint density at radius 2 is 2.15 bits per heavy atom. The lowest BCUT2D eigenvalue weighted by molar-refractivity contribution is 0.344. The molecule has 0 atom stereocenters. The van der Waals surface area contributed by atoms with Gasteiger partial charge in [0.05, 0.1) is 12.3 Å². The van der Waals surface area contributed by atoms with Crippen LogP contribution in [0.4, 0.5) is 0 Å². The summed E-state index contributed by atoms with van der Waals surface area (Å²) in [6, 6.07) is 4.00. The molecule has 1 aromatic heterocycles. The summed E-state index contributed by atoms with van der Waals surface area (Å²) in [5.41, 5.74) is 5.59. The van der Waals surface area contributed by atoms with E-state index in [4.69, 9.17) is 15.4 Å². The number of furan rings is 1. The SMILES string of the molecule is CN=C(N)N(C#N)CCSCc1ccc(CN(C)C)o1. The van der Waals surface area contributed by atoms with Crippen molar-refractivity contribution in [1.82, 2.24) is 9.80 Å². The third-order valence-electron chi connectivity index (χ3n) is 2.52. The number of guanidine groups is 1. The normalized spacial score (nSPS) is 11.7. The molecule has 0 saturated heterocycles. The average Bonchev–Trinajstić information content (AvgIpc) is 2.84. The van der Waals surface area contributed by atoms with E-state index in [1.54, 1.807) is 18.8 Å². The van der Waals surface area contributed by atoms with Crippen LogP contribution in [0.2, 0.25) is 0 Å². The maximum absolute atomic E-state index is 8.91. The molecule has 110 valence electrons. The van der Waals surface area contributed by atoms with Gasteiger partial charge in [-0.3, -0.25) is 4.99 Å². The van der Waals surface area contributed by atoms with Gasteiger partial charge in [0.1, 0.15) is 11.5 Å². The molecule has 0 unspecified atom stereocenters. The number of hydrogen-bond acceptors (Lipinski definition) is 5. The zero-order valence-electron chi connectivity index (χ0n) is 12.2. The molecule has 0 aliphatic rings. The zero-order chi connectivity index (χ0) is 15.0. The van der Waals surface area contributed by atoms with Gasteiger partial charge in [-0.05, 0) is 26.2 Å². The van der Waals surface area contributed by atoms with E-state index in [1.807, 2.05) is 32.4 Å². The predicted octanol–water partition coefficient (Wildman–Crippen LogP) is 1.30. The molecule has 1 heterocycles. The Kier molecular flexibility index (Phi) is 6.98. The quantitative estimate of drug-likeness (QED) is 0.268. The first-order valence-corrected chi connectivity index (χ1v) is 7.42. The highest BCUT2D eigenvalue weighted by atomic mass is 32.2. The molecule has 0 amide bonds. The van der Waals surface area contributed by atoms with Crippen LogP contribution in [0.25, 0.3) is 0 Å². The van der Waals surface area contributed by atoms with Crippen LogP contribution in [-0.4, -0.2) is 49.2 Å². The van der Waals surface area contributed by atoms with Gasteiger partial charge in [-0.1, -0.05) is 0 Å². The van der Waals surface area contributed by atoms with Crippen molar-refractivity contribution in [3.63, 3.8) is 0 Å². The van der Waals surface area contributed by atoms with Crippen molar-refractivity contribution in [3.8, 4) is 6.19 Å². The molecular weight excluding hydrogens is 274 g/mol. The van der Waals surface area contributed by atoms with E-state index >= 15 is 0 Å². The van der Waals surface area contributed by atoms with Crippen LogP contribution >= 0.6 is 11.8 Å². The maximum Gasteiger partial charge on any atom is 0.204 e. The minimum Gasteiger partial charge on any atom is -0.464 e. The summed E-state index contributed by atoms with van der Waals surface area (Å²) >= 11 is 1.70. The Hall–Kier alpha value is -1.65. The number of nitriles is 1. The fourth-order valence-corrected chi connectivity index (χ4v) is 2.37. The van der Waals surface area contributed by atoms with E-state index in [1.165, 1.54) is 4.90 Å². The van der Waals surface area contributed by atoms with E-state index in [0.717, 1.165) is 29.6 Å². The molecule has 6 nitrogen and oxygen atoms in total. The third kappa shape index (κ3) is 5.55. The monoisotopic (exact) mass is 295 g/mol. The summed E-state index contributed by atoms with van der Waals surface area (Å²) in [4.78, 5) is 7.24. The highest BCUT2D eigenvalue weighted by molar-refractivity contribution is 7.98. The van der Waals surface area contributed by atoms with E-state index in [2.05, 4.69) is 9.89 Å². The van der Waals surface area contributed by atoms with E-state index in [9.17, 15) is 0 Å². The van der Waals surface area contributed by atoms with E-state index in [0.29, 0.717) is 6.54 Å². The number of thioether (sulfide) groups is 1. The van der Waals surface area contributed by atoms with Gasteiger partial charge < -0.3 is 15.1 Å². The summed E-state index contributed by atoms with van der Waals surface area (Å²) in [6.07, 6.45) is 2.01. The van der Waals surface area contributed by atoms with Gasteiger partial charge in [0.25, 0.3) is 0 Å². The zero-order valence-corrected chi connectivity index (χ0v) is 13.0. The van der Waals surface area contributed by atoms with Gasteiger partial charge in [-0.15, -0.1) is 0 Å². The number of nitrogens with zero attached hydrogens (tertiary/aromatic N) is 4. The van der Waals surface area contributed by atoms with Crippen LogP contribution in [0.1, 0.15) is 11.5 Å². The van der Waals surface area contributed by atoms with Gasteiger partial charge >= 0.3 is 0 Å². The van der Waals surface area contributed by atoms with Crippen LogP contribution in [0.5, 0.6) is 0 Å². The topological polar surface area (TPSA) is 81.8 Å². The number of rotatable bonds is 7. The molecular formula is C13H21N5OS. The lowest BCUT2D eigenvalue weighted by atomic mass is 10.4. The fraction of sp³-hybridized carbons (Fsp3) is 0.538. The standard InChI is InChI=1S/C13H21N5OS/c1-16-13(15)18(10-14)6-7-20-9-12-5-4-11(19-12)8-17(2)3/h4-5H,6-9H2,1-3H3,(H2,15,16). The van der Waals surface area contributed by atoms with Crippen LogP contribution in [-0.2, 0) is 12.3 Å². The van der Waals surface area contributed by atoms with Crippen molar-refractivity contribution < 1.29 is 4.42 Å². The first-order valence-electron chi connectivity index (χ1n) is 6.26. The minimum atomic E-state index is 0.249. The van der Waals surface area contributed by atoms with Gasteiger partial charge in [-0.25, -0.2) is 4.90 Å². The molecule has 7 heteroatoms. The second-order valence-corrected chi connectivity index (χ2v) is 5.60. The van der Waals surface area contributed by atoms with Gasteiger partial charge in [-0.2, -0.15) is 17.0 Å². The highest BCUT2D eigenvalue weighted by Gasteiger charge is 2.07. The second kappa shape index (κ2) is 8.51. The molecule has 0 aliphatic heterocycles. The molecule has 0 saturated carbocycles. The largest absolute Gasteiger partial charge is 0.464 e. The minimum absolute atomic E-state index is 0.249.